The molecule has 2 aromatic heterocycles. The van der Waals surface area contributed by atoms with E-state index in [0.29, 0.717) is 11.4 Å². The molecule has 2 saturated carbocycles. The predicted molar refractivity (Wildman–Crippen MR) is 482 cm³/mol. The van der Waals surface area contributed by atoms with E-state index >= 15 is 4.79 Å². The van der Waals surface area contributed by atoms with Crippen LogP contribution >= 0.6 is 21.6 Å². The van der Waals surface area contributed by atoms with Gasteiger partial charge in [-0.25, -0.2) is 33.9 Å². The Kier molecular flexibility index (Phi) is 35.3. The summed E-state index contributed by atoms with van der Waals surface area (Å²) < 4.78 is 36.4. The Hall–Kier alpha value is -14.7. The number of rotatable bonds is 46. The molecule has 1 aliphatic heterocycles. The number of amides is 7. The van der Waals surface area contributed by atoms with E-state index in [0.717, 1.165) is 28.5 Å². The van der Waals surface area contributed by atoms with Gasteiger partial charge in [-0.2, -0.15) is 4.98 Å². The number of carbonyl (C=O) groups excluding carboxylic acids is 12. The van der Waals surface area contributed by atoms with Crippen LogP contribution in [-0.4, -0.2) is 277 Å². The Morgan fingerprint density at radius 2 is 1.21 bits per heavy atom. The van der Waals surface area contributed by atoms with E-state index in [1.54, 1.807) is 42.5 Å². The van der Waals surface area contributed by atoms with Crippen molar-refractivity contribution in [1.29, 1.82) is 0 Å². The SMILES string of the molecule is C=C(N)NCCC[C@H](NC(=O)[C@H](CC(=O)O)NC(=O)CC[C@H](NC(=O)c1ccc(NCc2cnc3nc(N)[nH]c(=O)c3n2)cc1)C(=O)O)C(=O)N[C@@H](CC(=O)O)C(=O)N[C@@H](CC(=O)O)C(=O)N[C@@H](CSSCCOC(=O)O[C@H]1C[C@H]2OC[C@@]2(OC(C)=O)C2[C@H](OC(=O)c3ccccc3)[C@]3(O)C[C@H](OC(=O)[C@H](O)[C@@H](NC(=O)c4ccccc4)c4ccccc4)C(C)=C([C@@H](O)C(=O)[C@@]21C)C3(C)C)C(=O)O. The second kappa shape index (κ2) is 46.2. The number of carboxylic acid groups (broad SMARTS) is 5. The number of aliphatic hydroxyl groups is 3. The van der Waals surface area contributed by atoms with Crippen LogP contribution < -0.4 is 64.9 Å². The van der Waals surface area contributed by atoms with Gasteiger partial charge < -0.3 is 129 Å². The zero-order chi connectivity index (χ0) is 101. The first-order chi connectivity index (χ1) is 65.3. The fraction of sp³-hybridized carbons (Fsp3) is 0.427. The number of carbonyl (C=O) groups is 17. The van der Waals surface area contributed by atoms with Gasteiger partial charge in [0.05, 0.1) is 73.1 Å². The second-order valence-electron chi connectivity index (χ2n) is 33.5. The molecule has 2 bridgehead atoms. The molecule has 3 aliphatic carbocycles. The Bertz CT molecular complexity index is 5730. The molecule has 7 amide bonds. The third-order valence-corrected chi connectivity index (χ3v) is 26.2. The number of hydrogen-bond donors (Lipinski definition) is 20. The molecule has 49 heteroatoms. The number of nitrogen functional groups attached to an aromatic ring is 1. The van der Waals surface area contributed by atoms with Gasteiger partial charge in [0.15, 0.2) is 28.7 Å². The summed E-state index contributed by atoms with van der Waals surface area (Å²) in [6.45, 7) is 8.86. The fourth-order valence-electron chi connectivity index (χ4n) is 16.8. The van der Waals surface area contributed by atoms with E-state index < -0.39 is 284 Å². The number of nitrogens with zero attached hydrogens (tertiary/aromatic N) is 3. The number of aliphatic carboxylic acids is 5. The Morgan fingerprint density at radius 1 is 0.659 bits per heavy atom. The molecule has 3 heterocycles. The quantitative estimate of drug-likeness (QED) is 0.00804. The van der Waals surface area contributed by atoms with Gasteiger partial charge in [-0.05, 0) is 98.4 Å². The van der Waals surface area contributed by atoms with Crippen LogP contribution in [0.25, 0.3) is 11.2 Å². The van der Waals surface area contributed by atoms with Crippen molar-refractivity contribution in [3.8, 4) is 0 Å². The summed E-state index contributed by atoms with van der Waals surface area (Å²) in [5.74, 6) is -24.7. The first kappa shape index (κ1) is 105. The number of carboxylic acids is 5. The molecule has 4 aliphatic rings. The van der Waals surface area contributed by atoms with Crippen LogP contribution in [0.1, 0.15) is 141 Å². The number of ether oxygens (including phenoxy) is 6. The number of aromatic amines is 1. The zero-order valence-electron chi connectivity index (χ0n) is 74.6. The number of benzene rings is 4. The average Bonchev–Trinajstić information content (AvgIpc) is 0.665. The van der Waals surface area contributed by atoms with Crippen molar-refractivity contribution < 1.29 is 151 Å². The summed E-state index contributed by atoms with van der Waals surface area (Å²) in [6.07, 6.45) is -18.6. The van der Waals surface area contributed by atoms with Crippen molar-refractivity contribution in [1.82, 2.24) is 62.5 Å². The lowest BCUT2D eigenvalue weighted by molar-refractivity contribution is -0.346. The van der Waals surface area contributed by atoms with E-state index in [1.165, 1.54) is 107 Å². The van der Waals surface area contributed by atoms with Crippen LogP contribution in [-0.2, 0) is 97.3 Å². The monoisotopic (exact) mass is 1960 g/mol. The fourth-order valence-corrected chi connectivity index (χ4v) is 18.8. The van der Waals surface area contributed by atoms with Crippen LogP contribution in [0.15, 0.2) is 150 Å². The van der Waals surface area contributed by atoms with E-state index in [1.807, 2.05) is 5.32 Å². The van der Waals surface area contributed by atoms with Crippen molar-refractivity contribution in [2.75, 3.05) is 42.3 Å². The smallest absolute Gasteiger partial charge is 0.481 e. The van der Waals surface area contributed by atoms with E-state index in [2.05, 4.69) is 69.0 Å². The lowest BCUT2D eigenvalue weighted by Crippen LogP contribution is -2.82. The van der Waals surface area contributed by atoms with Crippen LogP contribution in [0, 0.1) is 16.7 Å². The number of nitrogens with one attached hydrogen (secondary N) is 10. The summed E-state index contributed by atoms with van der Waals surface area (Å²) in [4.78, 5) is 259. The number of Topliss-reactive ketones (excluding diaryl/α,β-unsaturated/α-hetero) is 1. The first-order valence-corrected chi connectivity index (χ1v) is 45.3. The third kappa shape index (κ3) is 25.7. The number of esters is 3. The highest BCUT2D eigenvalue weighted by Gasteiger charge is 2.79. The van der Waals surface area contributed by atoms with Gasteiger partial charge in [-0.3, -0.25) is 67.3 Å². The number of anilines is 2. The largest absolute Gasteiger partial charge is 0.508 e. The lowest BCUT2D eigenvalue weighted by Gasteiger charge is -2.67. The highest BCUT2D eigenvalue weighted by Crippen LogP contribution is 2.65. The first-order valence-electron chi connectivity index (χ1n) is 42.8. The number of ketones is 1. The summed E-state index contributed by atoms with van der Waals surface area (Å²) in [5.41, 5.74) is 2.22. The summed E-state index contributed by atoms with van der Waals surface area (Å²) in [7, 11) is 1.56. The normalized spacial score (nSPS) is 21.7. The molecule has 1 unspecified atom stereocenters. The van der Waals surface area contributed by atoms with Crippen molar-refractivity contribution in [3.05, 3.63) is 183 Å². The lowest BCUT2D eigenvalue weighted by atomic mass is 9.44. The summed E-state index contributed by atoms with van der Waals surface area (Å²) >= 11 is 0. The van der Waals surface area contributed by atoms with Gasteiger partial charge in [0.2, 0.25) is 35.5 Å². The second-order valence-corrected chi connectivity index (χ2v) is 36.1. The molecule has 138 heavy (non-hydrogen) atoms. The standard InChI is InChI=1S/C89H103N15O32S2/c1-42-57(133-83(128)68(114)65(45-17-10-7-11-18-45)102-74(117)46-19-12-8-13-20-46)37-89(130)71(135-82(127)48-21-14-9-15-22-48)69-87(6,70(115)67(113)64(42)86(89,4)5)58(36-59-88(69,41-132-59)136-44(3)105)134-85(129)131-31-32-137-138-40-56(81(125)126)101-78(121)55(35-63(111)112)100-77(120)54(34-62(109)110)99-75(118)51(23-16-30-92-43(2)90)97-76(119)53(33-61(107)108)96-60(106)29-28-52(80(123)124)98-73(116)47-24-26-49(27-25-47)93-38-50-39-94-72-66(95-50)79(122)104-84(91)103-72/h7-15,17-22,24-27,39,51-59,65,67-69,71,92-93,113-114,130H,2,16,23,28-38,40-41,90H2,1,3-6H3,(H,96,106)(H,97,119)(H,98,116)(H,99,118)(H,100,120)(H,101,121)(H,102,117)(H,107,108)(H,109,110)(H,111,112)(H,123,124)(H,125,126)(H3,91,94,103,104,122)/t51-,52-,53-,54-,55-,56-,57-,58-,59+,65-,67+,68+,69?,71-,87+,88-,89+/m0/s1. The Morgan fingerprint density at radius 3 is 1.78 bits per heavy atom. The van der Waals surface area contributed by atoms with Gasteiger partial charge in [0, 0.05) is 66.5 Å². The summed E-state index contributed by atoms with van der Waals surface area (Å²) in [6, 6.07) is 15.1. The number of nitrogens with two attached hydrogens (primary N) is 2. The minimum atomic E-state index is -2.65. The maximum atomic E-state index is 16.1. The van der Waals surface area contributed by atoms with Gasteiger partial charge >= 0.3 is 53.9 Å². The van der Waals surface area contributed by atoms with Crippen LogP contribution in [0.3, 0.4) is 0 Å². The number of H-pyrrole nitrogens is 1. The molecule has 6 aromatic rings. The number of aliphatic hydroxyl groups excluding tert-OH is 2. The molecule has 47 nitrogen and oxygen atoms in total. The zero-order valence-corrected chi connectivity index (χ0v) is 76.3. The van der Waals surface area contributed by atoms with Crippen LogP contribution in [0.5, 0.6) is 0 Å². The van der Waals surface area contributed by atoms with E-state index in [9.17, 15) is 122 Å². The Labute approximate surface area is 792 Å². The summed E-state index contributed by atoms with van der Waals surface area (Å²) in [5, 5.41) is 110. The Balaban J connectivity index is 0.773. The molecule has 17 atom stereocenters. The maximum absolute atomic E-state index is 16.1. The molecule has 738 valence electrons. The van der Waals surface area contributed by atoms with Gasteiger partial charge in [-0.15, -0.1) is 0 Å². The molecular formula is C89H103N15O32S2. The minimum absolute atomic E-state index is 0.0151. The minimum Gasteiger partial charge on any atom is -0.481 e. The molecular weight excluding hydrogens is 1860 g/mol. The predicted octanol–water partition coefficient (Wildman–Crippen LogP) is 0.324. The average molecular weight is 1960 g/mol. The van der Waals surface area contributed by atoms with Crippen molar-refractivity contribution in [2.45, 2.75) is 189 Å². The van der Waals surface area contributed by atoms with Crippen LogP contribution in [0.2, 0.25) is 0 Å². The molecule has 4 aromatic carbocycles. The molecule has 0 radical (unpaired) electrons. The molecule has 0 spiro atoms. The van der Waals surface area contributed by atoms with E-state index in [-0.39, 0.29) is 81.6 Å². The molecule has 1 saturated heterocycles. The molecule has 22 N–H and O–H groups in total. The van der Waals surface area contributed by atoms with Crippen molar-refractivity contribution in [2.24, 2.45) is 22.5 Å². The van der Waals surface area contributed by atoms with Crippen molar-refractivity contribution >= 4 is 145 Å². The number of hydrogen-bond acceptors (Lipinski definition) is 36. The van der Waals surface area contributed by atoms with Gasteiger partial charge in [0.1, 0.15) is 79.0 Å². The van der Waals surface area contributed by atoms with E-state index in [4.69, 9.17) is 39.9 Å². The molecule has 10 rings (SSSR count). The molecule has 3 fully saturated rings. The van der Waals surface area contributed by atoms with Gasteiger partial charge in [0.25, 0.3) is 17.4 Å². The van der Waals surface area contributed by atoms with Gasteiger partial charge in [-0.1, -0.05) is 109 Å². The highest BCUT2D eigenvalue weighted by molar-refractivity contribution is 8.76. The topological polar surface area (TPSA) is 739 Å². The third-order valence-electron chi connectivity index (χ3n) is 23.8. The highest BCUT2D eigenvalue weighted by atomic mass is 33.1. The van der Waals surface area contributed by atoms with Crippen molar-refractivity contribution in [3.63, 3.8) is 0 Å². The maximum Gasteiger partial charge on any atom is 0.508 e. The number of aromatic nitrogens is 4. The number of fused-ring (bicyclic) bond motifs is 6. The van der Waals surface area contributed by atoms with Crippen LogP contribution in [0.4, 0.5) is 16.4 Å².